The number of piperidine rings is 1. The van der Waals surface area contributed by atoms with Gasteiger partial charge >= 0.3 is 0 Å². The SMILES string of the molecule is CN1C(=O)C[C@H]2CCN(c3ncc(F)c(N4CCOCC4)n3)C[C@H]21. The summed E-state index contributed by atoms with van der Waals surface area (Å²) in [5.74, 6) is 1.12. The van der Waals surface area contributed by atoms with Gasteiger partial charge < -0.3 is 19.4 Å². The molecule has 0 radical (unpaired) electrons. The summed E-state index contributed by atoms with van der Waals surface area (Å²) >= 11 is 0. The van der Waals surface area contributed by atoms with Crippen molar-refractivity contribution in [2.24, 2.45) is 5.92 Å². The molecular weight excluding hydrogens is 313 g/mol. The molecule has 130 valence electrons. The first-order chi connectivity index (χ1) is 11.6. The topological polar surface area (TPSA) is 61.8 Å². The molecule has 1 aromatic heterocycles. The second kappa shape index (κ2) is 6.16. The van der Waals surface area contributed by atoms with Crippen molar-refractivity contribution in [1.29, 1.82) is 0 Å². The van der Waals surface area contributed by atoms with Gasteiger partial charge in [0.25, 0.3) is 0 Å². The van der Waals surface area contributed by atoms with E-state index in [0.29, 0.717) is 57.0 Å². The second-order valence-corrected chi connectivity index (χ2v) is 6.71. The number of hydrogen-bond donors (Lipinski definition) is 0. The number of halogens is 1. The Labute approximate surface area is 140 Å². The number of nitrogens with zero attached hydrogens (tertiary/aromatic N) is 5. The molecule has 1 amide bonds. The molecular formula is C16H22FN5O2. The fourth-order valence-electron chi connectivity index (χ4n) is 3.89. The first-order valence-corrected chi connectivity index (χ1v) is 8.49. The monoisotopic (exact) mass is 335 g/mol. The van der Waals surface area contributed by atoms with Gasteiger partial charge in [-0.05, 0) is 12.3 Å². The van der Waals surface area contributed by atoms with E-state index in [2.05, 4.69) is 14.9 Å². The number of fused-ring (bicyclic) bond motifs is 1. The van der Waals surface area contributed by atoms with E-state index in [-0.39, 0.29) is 11.9 Å². The maximum absolute atomic E-state index is 14.2. The number of carbonyl (C=O) groups excluding carboxylic acids is 1. The number of likely N-dealkylation sites (N-methyl/N-ethyl adjacent to an activating group) is 1. The zero-order valence-electron chi connectivity index (χ0n) is 13.8. The minimum Gasteiger partial charge on any atom is -0.378 e. The van der Waals surface area contributed by atoms with Crippen molar-refractivity contribution in [1.82, 2.24) is 14.9 Å². The molecule has 2 atom stereocenters. The van der Waals surface area contributed by atoms with Crippen LogP contribution in [0.5, 0.6) is 0 Å². The van der Waals surface area contributed by atoms with Crippen LogP contribution in [0.4, 0.5) is 16.2 Å². The van der Waals surface area contributed by atoms with E-state index in [1.165, 1.54) is 6.20 Å². The van der Waals surface area contributed by atoms with Crippen LogP contribution in [0.1, 0.15) is 12.8 Å². The molecule has 0 saturated carbocycles. The van der Waals surface area contributed by atoms with E-state index in [0.717, 1.165) is 13.0 Å². The minimum atomic E-state index is -0.399. The van der Waals surface area contributed by atoms with Gasteiger partial charge in [0.15, 0.2) is 11.6 Å². The lowest BCUT2D eigenvalue weighted by Crippen LogP contribution is -2.48. The van der Waals surface area contributed by atoms with Crippen molar-refractivity contribution in [2.75, 3.05) is 56.2 Å². The van der Waals surface area contributed by atoms with Gasteiger partial charge in [0.2, 0.25) is 11.9 Å². The Kier molecular flexibility index (Phi) is 3.99. The van der Waals surface area contributed by atoms with Crippen LogP contribution in [0.15, 0.2) is 6.20 Å². The van der Waals surface area contributed by atoms with E-state index in [1.54, 1.807) is 0 Å². The molecule has 3 aliphatic heterocycles. The first kappa shape index (κ1) is 15.6. The molecule has 0 aromatic carbocycles. The lowest BCUT2D eigenvalue weighted by Gasteiger charge is -2.37. The number of likely N-dealkylation sites (tertiary alicyclic amines) is 1. The van der Waals surface area contributed by atoms with Gasteiger partial charge in [-0.1, -0.05) is 0 Å². The van der Waals surface area contributed by atoms with Crippen LogP contribution in [0, 0.1) is 11.7 Å². The molecule has 3 aliphatic rings. The summed E-state index contributed by atoms with van der Waals surface area (Å²) in [6.07, 6.45) is 2.83. The third-order valence-corrected chi connectivity index (χ3v) is 5.36. The van der Waals surface area contributed by atoms with Gasteiger partial charge in [-0.25, -0.2) is 9.37 Å². The molecule has 7 nitrogen and oxygen atoms in total. The molecule has 4 rings (SSSR count). The molecule has 24 heavy (non-hydrogen) atoms. The molecule has 4 heterocycles. The number of morpholine rings is 1. The van der Waals surface area contributed by atoms with Gasteiger partial charge in [-0.3, -0.25) is 4.79 Å². The predicted octanol–water partition coefficient (Wildman–Crippen LogP) is 0.509. The number of anilines is 2. The van der Waals surface area contributed by atoms with E-state index in [1.807, 2.05) is 16.8 Å². The zero-order valence-corrected chi connectivity index (χ0v) is 13.8. The normalized spacial score (nSPS) is 27.6. The molecule has 0 bridgehead atoms. The number of ether oxygens (including phenoxy) is 1. The van der Waals surface area contributed by atoms with E-state index in [9.17, 15) is 9.18 Å². The molecule has 3 saturated heterocycles. The fraction of sp³-hybridized carbons (Fsp3) is 0.688. The van der Waals surface area contributed by atoms with Crippen LogP contribution < -0.4 is 9.80 Å². The molecule has 3 fully saturated rings. The smallest absolute Gasteiger partial charge is 0.227 e. The quantitative estimate of drug-likeness (QED) is 0.785. The van der Waals surface area contributed by atoms with E-state index >= 15 is 0 Å². The van der Waals surface area contributed by atoms with E-state index in [4.69, 9.17) is 4.74 Å². The van der Waals surface area contributed by atoms with Gasteiger partial charge in [0, 0.05) is 39.6 Å². The average Bonchev–Trinajstić information content (AvgIpc) is 2.90. The number of amides is 1. The largest absolute Gasteiger partial charge is 0.378 e. The lowest BCUT2D eigenvalue weighted by molar-refractivity contribution is -0.127. The average molecular weight is 335 g/mol. The summed E-state index contributed by atoms with van der Waals surface area (Å²) in [5.41, 5.74) is 0. The summed E-state index contributed by atoms with van der Waals surface area (Å²) in [6, 6.07) is 0.201. The van der Waals surface area contributed by atoms with Crippen LogP contribution >= 0.6 is 0 Å². The summed E-state index contributed by atoms with van der Waals surface area (Å²) in [4.78, 5) is 26.4. The van der Waals surface area contributed by atoms with Gasteiger partial charge in [0.05, 0.1) is 25.5 Å². The highest BCUT2D eigenvalue weighted by atomic mass is 19.1. The van der Waals surface area contributed by atoms with Crippen LogP contribution in [0.3, 0.4) is 0 Å². The van der Waals surface area contributed by atoms with Gasteiger partial charge in [-0.2, -0.15) is 4.98 Å². The number of hydrogen-bond acceptors (Lipinski definition) is 6. The summed E-state index contributed by atoms with van der Waals surface area (Å²) in [5, 5.41) is 0. The van der Waals surface area contributed by atoms with Crippen LogP contribution in [-0.4, -0.2) is 73.3 Å². The zero-order chi connectivity index (χ0) is 16.7. The maximum atomic E-state index is 14.2. The summed E-state index contributed by atoms with van der Waals surface area (Å²) < 4.78 is 19.5. The molecule has 0 unspecified atom stereocenters. The molecule has 0 N–H and O–H groups in total. The second-order valence-electron chi connectivity index (χ2n) is 6.71. The number of carbonyl (C=O) groups is 1. The van der Waals surface area contributed by atoms with Crippen molar-refractivity contribution in [3.05, 3.63) is 12.0 Å². The highest BCUT2D eigenvalue weighted by molar-refractivity contribution is 5.79. The van der Waals surface area contributed by atoms with Crippen molar-refractivity contribution in [2.45, 2.75) is 18.9 Å². The molecule has 8 heteroatoms. The van der Waals surface area contributed by atoms with Crippen molar-refractivity contribution in [3.63, 3.8) is 0 Å². The van der Waals surface area contributed by atoms with Crippen molar-refractivity contribution in [3.8, 4) is 0 Å². The molecule has 0 spiro atoms. The minimum absolute atomic E-state index is 0.201. The number of aromatic nitrogens is 2. The molecule has 0 aliphatic carbocycles. The Hall–Kier alpha value is -1.96. The fourth-order valence-corrected chi connectivity index (χ4v) is 3.89. The summed E-state index contributed by atoms with van der Waals surface area (Å²) in [6.45, 7) is 3.94. The van der Waals surface area contributed by atoms with Gasteiger partial charge in [0.1, 0.15) is 0 Å². The Morgan fingerprint density at radius 3 is 2.83 bits per heavy atom. The van der Waals surface area contributed by atoms with Crippen LogP contribution in [0.2, 0.25) is 0 Å². The predicted molar refractivity (Wildman–Crippen MR) is 86.5 cm³/mol. The van der Waals surface area contributed by atoms with Gasteiger partial charge in [-0.15, -0.1) is 0 Å². The van der Waals surface area contributed by atoms with Crippen molar-refractivity contribution >= 4 is 17.7 Å². The maximum Gasteiger partial charge on any atom is 0.227 e. The highest BCUT2D eigenvalue weighted by Crippen LogP contribution is 2.33. The summed E-state index contributed by atoms with van der Waals surface area (Å²) in [7, 11) is 1.86. The Balaban J connectivity index is 1.55. The van der Waals surface area contributed by atoms with E-state index < -0.39 is 5.82 Å². The highest BCUT2D eigenvalue weighted by Gasteiger charge is 2.41. The Morgan fingerprint density at radius 2 is 2.04 bits per heavy atom. The van der Waals surface area contributed by atoms with Crippen LogP contribution in [0.25, 0.3) is 0 Å². The third kappa shape index (κ3) is 2.68. The standard InChI is InChI=1S/C16H22FN5O2/c1-20-13-10-22(3-2-11(13)8-14(20)23)16-18-9-12(17)15(19-16)21-4-6-24-7-5-21/h9,11,13H,2-8,10H2,1H3/t11-,13-/m1/s1. The third-order valence-electron chi connectivity index (χ3n) is 5.36. The number of rotatable bonds is 2. The molecule has 1 aromatic rings. The first-order valence-electron chi connectivity index (χ1n) is 8.49. The lowest BCUT2D eigenvalue weighted by atomic mass is 9.92. The Bertz CT molecular complexity index is 637. The van der Waals surface area contributed by atoms with Crippen molar-refractivity contribution < 1.29 is 13.9 Å². The van der Waals surface area contributed by atoms with Crippen LogP contribution in [-0.2, 0) is 9.53 Å². The Morgan fingerprint density at radius 1 is 1.25 bits per heavy atom.